The summed E-state index contributed by atoms with van der Waals surface area (Å²) in [6, 6.07) is 6.71. The summed E-state index contributed by atoms with van der Waals surface area (Å²) in [5.74, 6) is -1.05. The number of allylic oxidation sites excluding steroid dienone is 2. The molecule has 32 heavy (non-hydrogen) atoms. The molecule has 1 rings (SSSR count). The Kier molecular flexibility index (Phi) is 22.8. The van der Waals surface area contributed by atoms with Crippen LogP contribution in [0, 0.1) is 0 Å². The number of ether oxygens (including phenoxy) is 1. The summed E-state index contributed by atoms with van der Waals surface area (Å²) in [5.41, 5.74) is 2.01. The van der Waals surface area contributed by atoms with Crippen LogP contribution >= 0.6 is 0 Å². The van der Waals surface area contributed by atoms with E-state index in [1.54, 1.807) is 31.3 Å². The molecule has 0 aromatic heterocycles. The second kappa shape index (κ2) is 20.9. The van der Waals surface area contributed by atoms with E-state index in [9.17, 15) is 19.2 Å². The van der Waals surface area contributed by atoms with Gasteiger partial charge in [-0.1, -0.05) is 24.3 Å². The molecule has 10 heteroatoms. The molecular weight excluding hydrogens is 557 g/mol. The topological polar surface area (TPSA) is 118 Å². The van der Waals surface area contributed by atoms with Crippen LogP contribution in [-0.4, -0.2) is 50.2 Å². The zero-order chi connectivity index (χ0) is 22.4. The number of carbonyl (C=O) groups excluding carboxylic acids is 4. The van der Waals surface area contributed by atoms with Gasteiger partial charge >= 0.3 is 116 Å². The number of nitrogens with zero attached hydrogens (tertiary/aromatic N) is 2. The Morgan fingerprint density at radius 3 is 2.25 bits per heavy atom. The zero-order valence-electron chi connectivity index (χ0n) is 19.8. The van der Waals surface area contributed by atoms with E-state index < -0.39 is 18.2 Å². The number of ketones is 2. The number of amides is 2. The molecule has 1 aromatic rings. The summed E-state index contributed by atoms with van der Waals surface area (Å²) in [6.45, 7) is 4.19. The van der Waals surface area contributed by atoms with Crippen molar-refractivity contribution >= 4 is 29.1 Å². The molecule has 2 amide bonds. The van der Waals surface area contributed by atoms with E-state index in [1.807, 2.05) is 6.92 Å². The number of benzene rings is 1. The van der Waals surface area contributed by atoms with Crippen LogP contribution < -0.4 is 122 Å². The molecule has 0 saturated carbocycles. The van der Waals surface area contributed by atoms with Gasteiger partial charge in [0.15, 0.2) is 5.78 Å². The number of hydrogen-bond donors (Lipinski definition) is 1. The summed E-state index contributed by atoms with van der Waals surface area (Å²) in [5, 5.41) is 10.5. The fraction of sp³-hybridized carbons (Fsp3) is 0.455. The standard InChI is InChI=1S/C22H31N3O5.2Rb/c1-16(23-3)13-20(27)14-18-6-8-19(9-7-18)25-22(29)15-21(28)24-10-12-30-11-4-5-17(2)26;;/h6-9,13H,4-5,10-12,14-15H2,1-3H3,(H3,23,24,25,27,28,29);;/q;2*+1/p-2. The van der Waals surface area contributed by atoms with Gasteiger partial charge in [-0.05, 0) is 25.8 Å². The van der Waals surface area contributed by atoms with Crippen LogP contribution in [0.3, 0.4) is 0 Å². The molecular formula is C22H29N3O5Rb2. The van der Waals surface area contributed by atoms with Crippen molar-refractivity contribution in [3.8, 4) is 0 Å². The van der Waals surface area contributed by atoms with Crippen molar-refractivity contribution in [1.29, 1.82) is 0 Å². The minimum Gasteiger partial charge on any atom is -0.651 e. The van der Waals surface area contributed by atoms with Crippen molar-refractivity contribution in [2.24, 2.45) is 0 Å². The van der Waals surface area contributed by atoms with Gasteiger partial charge in [-0.15, -0.1) is 12.2 Å². The second-order valence-corrected chi connectivity index (χ2v) is 6.76. The molecule has 1 aromatic carbocycles. The van der Waals surface area contributed by atoms with Gasteiger partial charge in [0.05, 0.1) is 11.8 Å². The van der Waals surface area contributed by atoms with Crippen LogP contribution in [0.25, 0.3) is 10.6 Å². The molecule has 0 fully saturated rings. The maximum absolute atomic E-state index is 11.9. The Bertz CT molecular complexity index is 767. The maximum atomic E-state index is 11.9. The first-order valence-corrected chi connectivity index (χ1v) is 9.80. The molecule has 0 aliphatic carbocycles. The van der Waals surface area contributed by atoms with Gasteiger partial charge in [-0.3, -0.25) is 4.79 Å². The molecule has 164 valence electrons. The van der Waals surface area contributed by atoms with Gasteiger partial charge in [0.25, 0.3) is 0 Å². The van der Waals surface area contributed by atoms with E-state index in [0.29, 0.717) is 25.1 Å². The molecule has 0 spiro atoms. The molecule has 0 atom stereocenters. The van der Waals surface area contributed by atoms with Crippen LogP contribution in [-0.2, 0) is 30.3 Å². The van der Waals surface area contributed by atoms with Crippen molar-refractivity contribution in [2.75, 3.05) is 26.8 Å². The Morgan fingerprint density at radius 2 is 1.66 bits per heavy atom. The SMILES string of the molecule is CN/C(C)=C\C(=O)Cc1ccc([N-]C(=O)CC(=O)[N-]CCOCCCC(C)=O)cc1.[Rb+].[Rb+]. The minimum absolute atomic E-state index is 0. The van der Waals surface area contributed by atoms with E-state index in [0.717, 1.165) is 11.3 Å². The summed E-state index contributed by atoms with van der Waals surface area (Å²) >= 11 is 0. The van der Waals surface area contributed by atoms with Crippen molar-refractivity contribution in [1.82, 2.24) is 5.32 Å². The summed E-state index contributed by atoms with van der Waals surface area (Å²) < 4.78 is 5.26. The van der Waals surface area contributed by atoms with Crippen molar-refractivity contribution < 1.29 is 140 Å². The van der Waals surface area contributed by atoms with Gasteiger partial charge in [0.2, 0.25) is 0 Å². The average Bonchev–Trinajstić information content (AvgIpc) is 2.68. The molecule has 1 N–H and O–H groups in total. The largest absolute Gasteiger partial charge is 1.00 e. The van der Waals surface area contributed by atoms with Crippen LogP contribution in [0.1, 0.15) is 38.7 Å². The molecule has 8 nitrogen and oxygen atoms in total. The summed E-state index contributed by atoms with van der Waals surface area (Å²) in [7, 11) is 1.75. The zero-order valence-corrected chi connectivity index (χ0v) is 29.6. The number of rotatable bonds is 14. The van der Waals surface area contributed by atoms with Crippen molar-refractivity contribution in [2.45, 2.75) is 39.5 Å². The third-order valence-electron chi connectivity index (χ3n) is 3.98. The Labute approximate surface area is 288 Å². The Hall–Kier alpha value is 0.610. The van der Waals surface area contributed by atoms with Crippen molar-refractivity contribution in [3.05, 3.63) is 52.2 Å². The van der Waals surface area contributed by atoms with E-state index >= 15 is 0 Å². The van der Waals surface area contributed by atoms with Crippen LogP contribution in [0.2, 0.25) is 0 Å². The van der Waals surface area contributed by atoms with Crippen LogP contribution in [0.4, 0.5) is 5.69 Å². The summed E-state index contributed by atoms with van der Waals surface area (Å²) in [4.78, 5) is 46.3. The number of nitrogens with one attached hydrogen (secondary N) is 1. The number of carbonyl (C=O) groups is 4. The smallest absolute Gasteiger partial charge is 0.651 e. The van der Waals surface area contributed by atoms with Crippen LogP contribution in [0.5, 0.6) is 0 Å². The first kappa shape index (κ1) is 34.8. The van der Waals surface area contributed by atoms with E-state index in [1.165, 1.54) is 13.0 Å². The van der Waals surface area contributed by atoms with E-state index in [2.05, 4.69) is 16.0 Å². The number of Topliss-reactive ketones (excluding diaryl/α,β-unsaturated/α-hetero) is 1. The minimum atomic E-state index is -0.581. The molecule has 0 bridgehead atoms. The van der Waals surface area contributed by atoms with Crippen LogP contribution in [0.15, 0.2) is 36.0 Å². The molecule has 0 saturated heterocycles. The monoisotopic (exact) mass is 585 g/mol. The van der Waals surface area contributed by atoms with Crippen molar-refractivity contribution in [3.63, 3.8) is 0 Å². The van der Waals surface area contributed by atoms with Gasteiger partial charge in [-0.2, -0.15) is 0 Å². The normalized spacial score (nSPS) is 10.3. The fourth-order valence-electron chi connectivity index (χ4n) is 2.38. The predicted molar refractivity (Wildman–Crippen MR) is 115 cm³/mol. The first-order valence-electron chi connectivity index (χ1n) is 9.80. The summed E-state index contributed by atoms with van der Waals surface area (Å²) in [6.07, 6.45) is 2.49. The Morgan fingerprint density at radius 1 is 1.00 bits per heavy atom. The predicted octanol–water partition coefficient (Wildman–Crippen LogP) is -2.86. The van der Waals surface area contributed by atoms with E-state index in [4.69, 9.17) is 4.74 Å². The second-order valence-electron chi connectivity index (χ2n) is 6.76. The Balaban J connectivity index is 0. The van der Waals surface area contributed by atoms with Gasteiger partial charge in [0, 0.05) is 51.3 Å². The van der Waals surface area contributed by atoms with E-state index in [-0.39, 0.29) is 148 Å². The first-order chi connectivity index (χ1) is 14.3. The van der Waals surface area contributed by atoms with Gasteiger partial charge in [-0.25, -0.2) is 0 Å². The molecule has 0 heterocycles. The number of hydrogen-bond acceptors (Lipinski definition) is 6. The third-order valence-corrected chi connectivity index (χ3v) is 3.98. The van der Waals surface area contributed by atoms with Gasteiger partial charge < -0.3 is 35.1 Å². The fourth-order valence-corrected chi connectivity index (χ4v) is 2.38. The molecule has 0 aliphatic rings. The molecule has 0 radical (unpaired) electrons. The maximum Gasteiger partial charge on any atom is 1.00 e. The van der Waals surface area contributed by atoms with Gasteiger partial charge in [0.1, 0.15) is 5.78 Å². The quantitative estimate of drug-likeness (QED) is 0.143. The average molecular weight is 586 g/mol. The molecule has 0 aliphatic heterocycles. The third kappa shape index (κ3) is 18.0. The molecule has 0 unspecified atom stereocenters.